The van der Waals surface area contributed by atoms with Gasteiger partial charge in [0.15, 0.2) is 5.13 Å². The second-order valence-electron chi connectivity index (χ2n) is 4.47. The highest BCUT2D eigenvalue weighted by atomic mass is 32.1. The number of aromatic nitrogens is 1. The second-order valence-corrected chi connectivity index (χ2v) is 5.50. The van der Waals surface area contributed by atoms with Gasteiger partial charge in [-0.25, -0.2) is 9.37 Å². The highest BCUT2D eigenvalue weighted by Gasteiger charge is 2.04. The number of nitrogens with one attached hydrogen (secondary N) is 1. The molecule has 1 heterocycles. The van der Waals surface area contributed by atoms with Crippen LogP contribution in [0.4, 0.5) is 9.52 Å². The molecule has 6 heteroatoms. The zero-order chi connectivity index (χ0) is 13.7. The van der Waals surface area contributed by atoms with Gasteiger partial charge < -0.3 is 15.0 Å². The van der Waals surface area contributed by atoms with E-state index in [1.165, 1.54) is 23.5 Å². The van der Waals surface area contributed by atoms with Crippen molar-refractivity contribution in [2.45, 2.75) is 0 Å². The number of fused-ring (bicyclic) bond motifs is 1. The molecule has 0 fully saturated rings. The number of nitrogens with zero attached hydrogens (tertiary/aromatic N) is 2. The van der Waals surface area contributed by atoms with Crippen molar-refractivity contribution in [3.8, 4) is 0 Å². The lowest BCUT2D eigenvalue weighted by molar-refractivity contribution is 0.126. The van der Waals surface area contributed by atoms with Crippen LogP contribution in [0.2, 0.25) is 0 Å². The largest absolute Gasteiger partial charge is 0.378 e. The number of benzene rings is 1. The predicted molar refractivity (Wildman–Crippen MR) is 77.4 cm³/mol. The third-order valence-electron chi connectivity index (χ3n) is 2.56. The van der Waals surface area contributed by atoms with Gasteiger partial charge in [0.05, 0.1) is 23.4 Å². The van der Waals surface area contributed by atoms with Crippen molar-refractivity contribution >= 4 is 26.7 Å². The van der Waals surface area contributed by atoms with Crippen molar-refractivity contribution in [2.75, 3.05) is 45.7 Å². The molecular weight excluding hydrogens is 265 g/mol. The molecule has 104 valence electrons. The maximum atomic E-state index is 13.0. The highest BCUT2D eigenvalue weighted by molar-refractivity contribution is 7.22. The summed E-state index contributed by atoms with van der Waals surface area (Å²) in [6.07, 6.45) is 0. The number of rotatable bonds is 7. The van der Waals surface area contributed by atoms with Crippen LogP contribution in [-0.2, 0) is 4.74 Å². The summed E-state index contributed by atoms with van der Waals surface area (Å²) in [6.45, 7) is 2.98. The zero-order valence-corrected chi connectivity index (χ0v) is 12.0. The van der Waals surface area contributed by atoms with Gasteiger partial charge in [0.25, 0.3) is 0 Å². The lowest BCUT2D eigenvalue weighted by atomic mass is 10.3. The summed E-state index contributed by atoms with van der Waals surface area (Å²) in [7, 11) is 4.03. The van der Waals surface area contributed by atoms with Crippen molar-refractivity contribution < 1.29 is 9.13 Å². The highest BCUT2D eigenvalue weighted by Crippen LogP contribution is 2.26. The normalized spacial score (nSPS) is 11.4. The molecule has 2 rings (SSSR count). The SMILES string of the molecule is CN(C)CCOCCNc1nc2ccc(F)cc2s1. The zero-order valence-electron chi connectivity index (χ0n) is 11.1. The summed E-state index contributed by atoms with van der Waals surface area (Å²) in [5, 5.41) is 3.99. The molecule has 0 unspecified atom stereocenters. The molecule has 0 radical (unpaired) electrons. The van der Waals surface area contributed by atoms with Crippen molar-refractivity contribution in [2.24, 2.45) is 0 Å². The van der Waals surface area contributed by atoms with Crippen molar-refractivity contribution in [3.63, 3.8) is 0 Å². The fourth-order valence-electron chi connectivity index (χ4n) is 1.55. The fourth-order valence-corrected chi connectivity index (χ4v) is 2.47. The van der Waals surface area contributed by atoms with Crippen LogP contribution in [0.3, 0.4) is 0 Å². The molecule has 0 bridgehead atoms. The Morgan fingerprint density at radius 3 is 3.00 bits per heavy atom. The molecule has 0 saturated heterocycles. The first-order valence-electron chi connectivity index (χ1n) is 6.17. The summed E-state index contributed by atoms with van der Waals surface area (Å²) in [5.41, 5.74) is 0.822. The van der Waals surface area contributed by atoms with E-state index in [4.69, 9.17) is 4.74 Å². The number of hydrogen-bond donors (Lipinski definition) is 1. The smallest absolute Gasteiger partial charge is 0.183 e. The number of ether oxygens (including phenoxy) is 1. The molecule has 0 spiro atoms. The lowest BCUT2D eigenvalue weighted by Gasteiger charge is -2.09. The van der Waals surface area contributed by atoms with E-state index < -0.39 is 0 Å². The first kappa shape index (κ1) is 14.2. The molecule has 1 aromatic heterocycles. The monoisotopic (exact) mass is 283 g/mol. The summed E-state index contributed by atoms with van der Waals surface area (Å²) in [4.78, 5) is 6.46. The average Bonchev–Trinajstić information content (AvgIpc) is 2.75. The van der Waals surface area contributed by atoms with Crippen molar-refractivity contribution in [3.05, 3.63) is 24.0 Å². The van der Waals surface area contributed by atoms with Gasteiger partial charge in [-0.1, -0.05) is 11.3 Å². The first-order valence-corrected chi connectivity index (χ1v) is 6.99. The Bertz CT molecular complexity index is 530. The Labute approximate surface area is 116 Å². The summed E-state index contributed by atoms with van der Waals surface area (Å²) >= 11 is 1.45. The van der Waals surface area contributed by atoms with Crippen LogP contribution in [0.15, 0.2) is 18.2 Å². The van der Waals surface area contributed by atoms with Crippen LogP contribution in [0.5, 0.6) is 0 Å². The fraction of sp³-hybridized carbons (Fsp3) is 0.462. The van der Waals surface area contributed by atoms with Gasteiger partial charge in [0.2, 0.25) is 0 Å². The quantitative estimate of drug-likeness (QED) is 0.792. The van der Waals surface area contributed by atoms with E-state index in [0.29, 0.717) is 13.2 Å². The van der Waals surface area contributed by atoms with E-state index in [-0.39, 0.29) is 5.82 Å². The van der Waals surface area contributed by atoms with E-state index in [1.807, 2.05) is 14.1 Å². The molecule has 0 amide bonds. The van der Waals surface area contributed by atoms with Crippen molar-refractivity contribution in [1.29, 1.82) is 0 Å². The number of likely N-dealkylation sites (N-methyl/N-ethyl adjacent to an activating group) is 1. The van der Waals surface area contributed by atoms with Crippen LogP contribution >= 0.6 is 11.3 Å². The molecule has 1 aromatic carbocycles. The van der Waals surface area contributed by atoms with E-state index in [0.717, 1.165) is 28.5 Å². The van der Waals surface area contributed by atoms with Gasteiger partial charge in [-0.3, -0.25) is 0 Å². The van der Waals surface area contributed by atoms with Crippen LogP contribution in [-0.4, -0.2) is 50.3 Å². The Hall–Kier alpha value is -1.24. The van der Waals surface area contributed by atoms with Crippen LogP contribution in [0, 0.1) is 5.82 Å². The van der Waals surface area contributed by atoms with E-state index in [9.17, 15) is 4.39 Å². The minimum atomic E-state index is -0.227. The number of hydrogen-bond acceptors (Lipinski definition) is 5. The number of halogens is 1. The molecule has 0 aliphatic heterocycles. The molecule has 0 aliphatic carbocycles. The summed E-state index contributed by atoms with van der Waals surface area (Å²) < 4.78 is 19.4. The minimum Gasteiger partial charge on any atom is -0.378 e. The first-order chi connectivity index (χ1) is 9.15. The average molecular weight is 283 g/mol. The topological polar surface area (TPSA) is 37.4 Å². The Balaban J connectivity index is 1.75. The summed E-state index contributed by atoms with van der Waals surface area (Å²) in [6, 6.07) is 4.63. The molecule has 4 nitrogen and oxygen atoms in total. The molecule has 0 saturated carbocycles. The Kier molecular flexibility index (Phi) is 5.07. The van der Waals surface area contributed by atoms with Crippen LogP contribution in [0.1, 0.15) is 0 Å². The van der Waals surface area contributed by atoms with Gasteiger partial charge in [-0.15, -0.1) is 0 Å². The van der Waals surface area contributed by atoms with Crippen molar-refractivity contribution in [1.82, 2.24) is 9.88 Å². The maximum Gasteiger partial charge on any atom is 0.183 e. The van der Waals surface area contributed by atoms with Gasteiger partial charge in [0, 0.05) is 13.1 Å². The summed E-state index contributed by atoms with van der Waals surface area (Å²) in [5.74, 6) is -0.227. The van der Waals surface area contributed by atoms with E-state index in [2.05, 4.69) is 15.2 Å². The molecule has 0 aliphatic rings. The van der Waals surface area contributed by atoms with Gasteiger partial charge in [-0.05, 0) is 32.3 Å². The van der Waals surface area contributed by atoms with Gasteiger partial charge >= 0.3 is 0 Å². The van der Waals surface area contributed by atoms with Gasteiger partial charge in [0.1, 0.15) is 5.82 Å². The molecule has 0 atom stereocenters. The molecule has 19 heavy (non-hydrogen) atoms. The number of thiazole rings is 1. The Morgan fingerprint density at radius 1 is 1.37 bits per heavy atom. The maximum absolute atomic E-state index is 13.0. The Morgan fingerprint density at radius 2 is 2.21 bits per heavy atom. The van der Waals surface area contributed by atoms with Crippen LogP contribution < -0.4 is 5.32 Å². The minimum absolute atomic E-state index is 0.227. The number of anilines is 1. The molecular formula is C13H18FN3OS. The molecule has 2 aromatic rings. The molecule has 1 N–H and O–H groups in total. The second kappa shape index (κ2) is 6.79. The van der Waals surface area contributed by atoms with Crippen LogP contribution in [0.25, 0.3) is 10.2 Å². The van der Waals surface area contributed by atoms with E-state index in [1.54, 1.807) is 6.07 Å². The standard InChI is InChI=1S/C13H18FN3OS/c1-17(2)6-8-18-7-5-15-13-16-11-4-3-10(14)9-12(11)19-13/h3-4,9H,5-8H2,1-2H3,(H,15,16). The third-order valence-corrected chi connectivity index (χ3v) is 3.53. The lowest BCUT2D eigenvalue weighted by Crippen LogP contribution is -2.19. The predicted octanol–water partition coefficient (Wildman–Crippen LogP) is 2.43. The third kappa shape index (κ3) is 4.41. The van der Waals surface area contributed by atoms with E-state index >= 15 is 0 Å². The van der Waals surface area contributed by atoms with Gasteiger partial charge in [-0.2, -0.15) is 0 Å².